The van der Waals surface area contributed by atoms with Crippen LogP contribution in [-0.2, 0) is 9.59 Å². The Morgan fingerprint density at radius 1 is 1.08 bits per heavy atom. The van der Waals surface area contributed by atoms with E-state index >= 15 is 0 Å². The van der Waals surface area contributed by atoms with Gasteiger partial charge in [-0.2, -0.15) is 0 Å². The number of carbonyl (C=O) groups is 2. The number of rotatable bonds is 5. The van der Waals surface area contributed by atoms with E-state index in [0.29, 0.717) is 6.41 Å². The molecule has 0 saturated heterocycles. The zero-order valence-electron chi connectivity index (χ0n) is 13.3. The minimum Gasteiger partial charge on any atom is -0.329 e. The van der Waals surface area contributed by atoms with Gasteiger partial charge < -0.3 is 5.32 Å². The smallest absolute Gasteiger partial charge is 0.211 e. The third kappa shape index (κ3) is 4.39. The van der Waals surface area contributed by atoms with Gasteiger partial charge >= 0.3 is 0 Å². The number of hydrogen-bond donors (Lipinski definition) is 1. The summed E-state index contributed by atoms with van der Waals surface area (Å²) in [5, 5.41) is 2.72. The van der Waals surface area contributed by atoms with E-state index in [1.165, 1.54) is 11.8 Å². The second-order valence-corrected chi connectivity index (χ2v) is 8.93. The molecule has 0 aliphatic heterocycles. The second-order valence-electron chi connectivity index (χ2n) is 5.25. The molecule has 0 aliphatic rings. The largest absolute Gasteiger partial charge is 0.329 e. The fourth-order valence-electron chi connectivity index (χ4n) is 2.44. The average molecular weight is 432 g/mol. The zero-order chi connectivity index (χ0) is 17.8. The van der Waals surface area contributed by atoms with Crippen molar-refractivity contribution in [3.05, 3.63) is 58.4 Å². The van der Waals surface area contributed by atoms with Crippen LogP contribution >= 0.6 is 39.0 Å². The molecule has 0 atom stereocenters. The van der Waals surface area contributed by atoms with Crippen molar-refractivity contribution in [2.75, 3.05) is 5.32 Å². The second kappa shape index (κ2) is 7.99. The van der Waals surface area contributed by atoms with Crippen molar-refractivity contribution in [3.8, 4) is 21.6 Å². The van der Waals surface area contributed by atoms with E-state index in [2.05, 4.69) is 27.3 Å². The van der Waals surface area contributed by atoms with Crippen molar-refractivity contribution in [1.82, 2.24) is 0 Å². The maximum Gasteiger partial charge on any atom is 0.211 e. The third-order valence-electron chi connectivity index (χ3n) is 3.50. The van der Waals surface area contributed by atoms with E-state index in [9.17, 15) is 9.59 Å². The van der Waals surface area contributed by atoms with Crippen LogP contribution in [0.25, 0.3) is 21.6 Å². The van der Waals surface area contributed by atoms with Crippen LogP contribution in [0.15, 0.2) is 63.3 Å². The van der Waals surface area contributed by atoms with Crippen LogP contribution in [0.4, 0.5) is 5.69 Å². The summed E-state index contributed by atoms with van der Waals surface area (Å²) in [5.74, 6) is 0. The van der Waals surface area contributed by atoms with Gasteiger partial charge in [0.1, 0.15) is 0 Å². The van der Waals surface area contributed by atoms with Crippen LogP contribution in [0, 0.1) is 0 Å². The Labute approximate surface area is 162 Å². The van der Waals surface area contributed by atoms with Gasteiger partial charge in [0.25, 0.3) is 0 Å². The summed E-state index contributed by atoms with van der Waals surface area (Å²) < 4.78 is 1.05. The van der Waals surface area contributed by atoms with E-state index in [1.54, 1.807) is 18.3 Å². The molecule has 0 bridgehead atoms. The molecular weight excluding hydrogens is 418 g/mol. The first kappa shape index (κ1) is 17.9. The highest BCUT2D eigenvalue weighted by Crippen LogP contribution is 2.42. The molecule has 1 N–H and O–H groups in total. The molecular formula is C19H14BrNO2S2. The number of halogens is 1. The number of thioether (sulfide) groups is 1. The van der Waals surface area contributed by atoms with Crippen molar-refractivity contribution in [2.45, 2.75) is 11.8 Å². The molecule has 126 valence electrons. The molecule has 25 heavy (non-hydrogen) atoms. The predicted octanol–water partition coefficient (Wildman–Crippen LogP) is 6.05. The van der Waals surface area contributed by atoms with Gasteiger partial charge in [-0.3, -0.25) is 9.59 Å². The lowest BCUT2D eigenvalue weighted by Gasteiger charge is -2.06. The molecule has 1 amide bonds. The number of thiophene rings is 1. The molecule has 2 aromatic carbocycles. The van der Waals surface area contributed by atoms with Gasteiger partial charge in [0.05, 0.1) is 3.79 Å². The highest BCUT2D eigenvalue weighted by molar-refractivity contribution is 9.11. The summed E-state index contributed by atoms with van der Waals surface area (Å²) in [4.78, 5) is 23.8. The van der Waals surface area contributed by atoms with E-state index in [-0.39, 0.29) is 5.12 Å². The molecule has 0 saturated carbocycles. The van der Waals surface area contributed by atoms with Crippen molar-refractivity contribution in [1.29, 1.82) is 0 Å². The van der Waals surface area contributed by atoms with Crippen LogP contribution in [0.2, 0.25) is 0 Å². The monoisotopic (exact) mass is 431 g/mol. The molecule has 0 aliphatic carbocycles. The molecule has 0 radical (unpaired) electrons. The van der Waals surface area contributed by atoms with Gasteiger partial charge in [-0.1, -0.05) is 36.0 Å². The number of nitrogens with one attached hydrogen (secondary N) is 1. The predicted molar refractivity (Wildman–Crippen MR) is 109 cm³/mol. The van der Waals surface area contributed by atoms with Gasteiger partial charge in [-0.05, 0) is 57.4 Å². The van der Waals surface area contributed by atoms with Gasteiger partial charge in [0.2, 0.25) is 6.41 Å². The van der Waals surface area contributed by atoms with E-state index < -0.39 is 0 Å². The van der Waals surface area contributed by atoms with E-state index in [0.717, 1.165) is 35.9 Å². The van der Waals surface area contributed by atoms with E-state index in [1.807, 2.05) is 48.5 Å². The molecule has 6 heteroatoms. The number of amides is 1. The Morgan fingerprint density at radius 2 is 1.72 bits per heavy atom. The minimum atomic E-state index is 0.0794. The highest BCUT2D eigenvalue weighted by Gasteiger charge is 2.12. The number of benzene rings is 2. The number of carbonyl (C=O) groups excluding carboxylic acids is 2. The van der Waals surface area contributed by atoms with E-state index in [4.69, 9.17) is 0 Å². The molecule has 3 nitrogen and oxygen atoms in total. The maximum atomic E-state index is 11.2. The summed E-state index contributed by atoms with van der Waals surface area (Å²) in [6, 6.07) is 17.9. The molecule has 1 aromatic heterocycles. The SMILES string of the molecule is CC(=O)Sc1ccc(-c2cc(Br)sc2-c2ccc(NC=O)cc2)cc1. The Kier molecular flexibility index (Phi) is 5.73. The summed E-state index contributed by atoms with van der Waals surface area (Å²) >= 11 is 6.47. The van der Waals surface area contributed by atoms with Gasteiger partial charge in [0, 0.05) is 27.9 Å². The molecule has 0 spiro atoms. The Morgan fingerprint density at radius 3 is 2.32 bits per heavy atom. The lowest BCUT2D eigenvalue weighted by molar-refractivity contribution is -0.109. The Balaban J connectivity index is 1.95. The van der Waals surface area contributed by atoms with Crippen molar-refractivity contribution < 1.29 is 9.59 Å². The number of anilines is 1. The van der Waals surface area contributed by atoms with Crippen LogP contribution in [-0.4, -0.2) is 11.5 Å². The topological polar surface area (TPSA) is 46.2 Å². The standard InChI is InChI=1S/C19H14BrNO2S2/c1-12(23)24-16-8-4-13(5-9-16)17-10-18(20)25-19(17)14-2-6-15(7-3-14)21-11-22/h2-11H,1H3,(H,21,22). The fraction of sp³-hybridized carbons (Fsp3) is 0.0526. The van der Waals surface area contributed by atoms with Gasteiger partial charge in [0.15, 0.2) is 5.12 Å². The maximum absolute atomic E-state index is 11.2. The first-order valence-corrected chi connectivity index (χ1v) is 9.88. The van der Waals surface area contributed by atoms with Gasteiger partial charge in [-0.15, -0.1) is 11.3 Å². The van der Waals surface area contributed by atoms with Crippen LogP contribution in [0.1, 0.15) is 6.92 Å². The Hall–Kier alpha value is -1.89. The quantitative estimate of drug-likeness (QED) is 0.394. The first-order chi connectivity index (χ1) is 12.1. The van der Waals surface area contributed by atoms with Gasteiger partial charge in [-0.25, -0.2) is 0 Å². The Bertz CT molecular complexity index is 902. The fourth-order valence-corrected chi connectivity index (χ4v) is 4.68. The van der Waals surface area contributed by atoms with Crippen molar-refractivity contribution in [2.24, 2.45) is 0 Å². The third-order valence-corrected chi connectivity index (χ3v) is 5.98. The first-order valence-electron chi connectivity index (χ1n) is 7.45. The zero-order valence-corrected chi connectivity index (χ0v) is 16.5. The molecule has 1 heterocycles. The lowest BCUT2D eigenvalue weighted by atomic mass is 10.0. The molecule has 3 aromatic rings. The summed E-state index contributed by atoms with van der Waals surface area (Å²) in [6.07, 6.45) is 0.669. The van der Waals surface area contributed by atoms with Crippen LogP contribution in [0.5, 0.6) is 0 Å². The lowest BCUT2D eigenvalue weighted by Crippen LogP contribution is -1.92. The summed E-state index contributed by atoms with van der Waals surface area (Å²) in [6.45, 7) is 1.57. The van der Waals surface area contributed by atoms with Crippen molar-refractivity contribution >= 4 is 56.2 Å². The molecule has 3 rings (SSSR count). The highest BCUT2D eigenvalue weighted by atomic mass is 79.9. The molecule has 0 fully saturated rings. The summed E-state index contributed by atoms with van der Waals surface area (Å²) in [5.41, 5.74) is 4.08. The summed E-state index contributed by atoms with van der Waals surface area (Å²) in [7, 11) is 0. The molecule has 0 unspecified atom stereocenters. The minimum absolute atomic E-state index is 0.0794. The van der Waals surface area contributed by atoms with Crippen molar-refractivity contribution in [3.63, 3.8) is 0 Å². The number of hydrogen-bond acceptors (Lipinski definition) is 4. The van der Waals surface area contributed by atoms with Crippen LogP contribution in [0.3, 0.4) is 0 Å². The average Bonchev–Trinajstić information content (AvgIpc) is 2.98. The van der Waals surface area contributed by atoms with Crippen LogP contribution < -0.4 is 5.32 Å². The normalized spacial score (nSPS) is 10.5.